The molecule has 2 aromatic carbocycles. The Morgan fingerprint density at radius 3 is 2.51 bits per heavy atom. The highest BCUT2D eigenvalue weighted by atomic mass is 32.2. The molecule has 3 aliphatic rings. The van der Waals surface area contributed by atoms with Gasteiger partial charge in [-0.3, -0.25) is 9.69 Å². The number of ether oxygens (including phenoxy) is 2. The molecular formula is C28H31N3O3S. The molecule has 0 spiro atoms. The van der Waals surface area contributed by atoms with Gasteiger partial charge in [0.25, 0.3) is 5.91 Å². The van der Waals surface area contributed by atoms with Crippen LogP contribution >= 0.6 is 11.8 Å². The first-order valence-corrected chi connectivity index (χ1v) is 13.3. The van der Waals surface area contributed by atoms with Crippen molar-refractivity contribution in [2.45, 2.75) is 44.6 Å². The van der Waals surface area contributed by atoms with Gasteiger partial charge in [-0.15, -0.1) is 0 Å². The highest BCUT2D eigenvalue weighted by Crippen LogP contribution is 2.42. The molecule has 1 unspecified atom stereocenters. The van der Waals surface area contributed by atoms with Crippen LogP contribution in [0.3, 0.4) is 0 Å². The molecule has 6 nitrogen and oxygen atoms in total. The summed E-state index contributed by atoms with van der Waals surface area (Å²) in [5.74, 6) is 3.13. The molecule has 0 saturated heterocycles. The predicted molar refractivity (Wildman–Crippen MR) is 143 cm³/mol. The maximum Gasteiger partial charge on any atom is 0.270 e. The van der Waals surface area contributed by atoms with Crippen LogP contribution in [0.1, 0.15) is 49.7 Å². The zero-order valence-electron chi connectivity index (χ0n) is 20.3. The summed E-state index contributed by atoms with van der Waals surface area (Å²) < 4.78 is 11.0. The van der Waals surface area contributed by atoms with Gasteiger partial charge in [-0.25, -0.2) is 4.99 Å². The van der Waals surface area contributed by atoms with E-state index < -0.39 is 0 Å². The smallest absolute Gasteiger partial charge is 0.270 e. The Hall–Kier alpha value is -3.06. The van der Waals surface area contributed by atoms with Gasteiger partial charge >= 0.3 is 0 Å². The Labute approximate surface area is 211 Å². The monoisotopic (exact) mass is 489 g/mol. The van der Waals surface area contributed by atoms with E-state index in [0.29, 0.717) is 23.3 Å². The van der Waals surface area contributed by atoms with Gasteiger partial charge in [0.05, 0.1) is 19.9 Å². The number of aliphatic imine (C=N–C) groups is 2. The molecule has 5 rings (SSSR count). The van der Waals surface area contributed by atoms with Crippen LogP contribution < -0.4 is 9.47 Å². The highest BCUT2D eigenvalue weighted by Gasteiger charge is 2.43. The minimum absolute atomic E-state index is 0.0682. The molecule has 2 aromatic rings. The van der Waals surface area contributed by atoms with E-state index in [4.69, 9.17) is 14.5 Å². The molecule has 35 heavy (non-hydrogen) atoms. The standard InChI is InChI=1S/C28H31N3O3S/c1-33-24-17-21-22(18-25(24)34-2)29-28(35-15-9-14-19-10-5-3-6-11-19)31-23(27(32)30-26(21)31)16-20-12-7-4-8-13-20/h3,5-6,9-11,14,17-18,20,23H,4,7-8,12-13,15-16H2,1-2H3. The van der Waals surface area contributed by atoms with Crippen molar-refractivity contribution < 1.29 is 14.3 Å². The normalized spacial score (nSPS) is 19.9. The number of carbonyl (C=O) groups excluding carboxylic acids is 1. The molecule has 2 heterocycles. The van der Waals surface area contributed by atoms with Crippen molar-refractivity contribution in [3.8, 4) is 11.5 Å². The molecule has 0 N–H and O–H groups in total. The molecule has 1 saturated carbocycles. The molecule has 7 heteroatoms. The van der Waals surface area contributed by atoms with Crippen molar-refractivity contribution in [2.24, 2.45) is 15.9 Å². The van der Waals surface area contributed by atoms with Crippen molar-refractivity contribution in [3.05, 3.63) is 59.7 Å². The van der Waals surface area contributed by atoms with Crippen LogP contribution in [-0.4, -0.2) is 47.8 Å². The van der Waals surface area contributed by atoms with Gasteiger partial charge in [-0.05, 0) is 24.0 Å². The van der Waals surface area contributed by atoms with E-state index >= 15 is 0 Å². The van der Waals surface area contributed by atoms with E-state index in [2.05, 4.69) is 34.2 Å². The lowest BCUT2D eigenvalue weighted by Crippen LogP contribution is -2.44. The molecule has 1 amide bonds. The molecule has 1 atom stereocenters. The first-order chi connectivity index (χ1) is 17.2. The summed E-state index contributed by atoms with van der Waals surface area (Å²) in [4.78, 5) is 24.8. The number of rotatable bonds is 7. The van der Waals surface area contributed by atoms with Gasteiger partial charge < -0.3 is 9.47 Å². The van der Waals surface area contributed by atoms with Crippen LogP contribution in [0, 0.1) is 5.92 Å². The SMILES string of the molecule is COc1cc2c(cc1OC)C1=NC(=O)C(CC3CCCCC3)N1C(SCC=Cc1ccccc1)=N2. The molecule has 1 aliphatic carbocycles. The third-order valence-corrected chi connectivity index (χ3v) is 7.81. The van der Waals surface area contributed by atoms with Crippen LogP contribution in [0.25, 0.3) is 6.08 Å². The lowest BCUT2D eigenvalue weighted by molar-refractivity contribution is -0.120. The average Bonchev–Trinajstić information content (AvgIpc) is 3.23. The Morgan fingerprint density at radius 2 is 1.77 bits per heavy atom. The largest absolute Gasteiger partial charge is 0.493 e. The molecule has 2 aliphatic heterocycles. The van der Waals surface area contributed by atoms with Crippen LogP contribution in [0.4, 0.5) is 5.69 Å². The first-order valence-electron chi connectivity index (χ1n) is 12.3. The van der Waals surface area contributed by atoms with Crippen molar-refractivity contribution in [3.63, 3.8) is 0 Å². The Balaban J connectivity index is 1.45. The van der Waals surface area contributed by atoms with E-state index in [9.17, 15) is 4.79 Å². The molecule has 1 fully saturated rings. The number of hydrogen-bond acceptors (Lipinski definition) is 6. The number of nitrogens with zero attached hydrogens (tertiary/aromatic N) is 3. The Morgan fingerprint density at radius 1 is 1.03 bits per heavy atom. The lowest BCUT2D eigenvalue weighted by Gasteiger charge is -2.33. The number of carbonyl (C=O) groups is 1. The number of benzene rings is 2. The number of thioether (sulfide) groups is 1. The maximum atomic E-state index is 13.2. The summed E-state index contributed by atoms with van der Waals surface area (Å²) in [6.07, 6.45) is 11.2. The zero-order valence-corrected chi connectivity index (χ0v) is 21.1. The van der Waals surface area contributed by atoms with Crippen molar-refractivity contribution in [1.29, 1.82) is 0 Å². The van der Waals surface area contributed by atoms with Crippen LogP contribution in [-0.2, 0) is 4.79 Å². The minimum Gasteiger partial charge on any atom is -0.493 e. The average molecular weight is 490 g/mol. The Kier molecular flexibility index (Phi) is 7.23. The molecule has 0 aromatic heterocycles. The molecule has 0 radical (unpaired) electrons. The summed E-state index contributed by atoms with van der Waals surface area (Å²) in [5.41, 5.74) is 2.72. The van der Waals surface area contributed by atoms with Gasteiger partial charge in [0.15, 0.2) is 16.7 Å². The Bertz CT molecular complexity index is 1170. The van der Waals surface area contributed by atoms with Crippen LogP contribution in [0.15, 0.2) is 58.5 Å². The topological polar surface area (TPSA) is 63.5 Å². The second kappa shape index (κ2) is 10.7. The van der Waals surface area contributed by atoms with Gasteiger partial charge in [0.1, 0.15) is 11.9 Å². The third-order valence-electron chi connectivity index (χ3n) is 6.91. The number of amides is 1. The van der Waals surface area contributed by atoms with Crippen molar-refractivity contribution in [2.75, 3.05) is 20.0 Å². The summed E-state index contributed by atoms with van der Waals surface area (Å²) in [6.45, 7) is 0. The third kappa shape index (κ3) is 5.01. The van der Waals surface area contributed by atoms with E-state index in [1.54, 1.807) is 26.0 Å². The summed E-state index contributed by atoms with van der Waals surface area (Å²) in [7, 11) is 3.23. The van der Waals surface area contributed by atoms with E-state index in [0.717, 1.165) is 34.2 Å². The van der Waals surface area contributed by atoms with Crippen molar-refractivity contribution >= 4 is 40.4 Å². The highest BCUT2D eigenvalue weighted by molar-refractivity contribution is 8.14. The molecule has 182 valence electrons. The second-order valence-electron chi connectivity index (χ2n) is 9.14. The molecular weight excluding hydrogens is 458 g/mol. The fourth-order valence-corrected chi connectivity index (χ4v) is 5.98. The maximum absolute atomic E-state index is 13.2. The van der Waals surface area contributed by atoms with E-state index in [-0.39, 0.29) is 11.9 Å². The van der Waals surface area contributed by atoms with Crippen LogP contribution in [0.2, 0.25) is 0 Å². The molecule has 0 bridgehead atoms. The summed E-state index contributed by atoms with van der Waals surface area (Å²) >= 11 is 1.63. The lowest BCUT2D eigenvalue weighted by atomic mass is 9.84. The first kappa shape index (κ1) is 23.7. The number of amidine groups is 2. The van der Waals surface area contributed by atoms with Gasteiger partial charge in [-0.1, -0.05) is 86.3 Å². The van der Waals surface area contributed by atoms with Gasteiger partial charge in [0.2, 0.25) is 0 Å². The number of methoxy groups -OCH3 is 2. The minimum atomic E-state index is -0.293. The number of hydrogen-bond donors (Lipinski definition) is 0. The quantitative estimate of drug-likeness (QED) is 0.472. The summed E-state index contributed by atoms with van der Waals surface area (Å²) in [5, 5.41) is 0.813. The van der Waals surface area contributed by atoms with Crippen molar-refractivity contribution in [1.82, 2.24) is 4.90 Å². The predicted octanol–water partition coefficient (Wildman–Crippen LogP) is 6.08. The van der Waals surface area contributed by atoms with Gasteiger partial charge in [-0.2, -0.15) is 4.99 Å². The van der Waals surface area contributed by atoms with E-state index in [1.807, 2.05) is 30.3 Å². The number of fused-ring (bicyclic) bond motifs is 3. The van der Waals surface area contributed by atoms with Crippen LogP contribution in [0.5, 0.6) is 11.5 Å². The fourth-order valence-electron chi connectivity index (χ4n) is 5.12. The van der Waals surface area contributed by atoms with Gasteiger partial charge in [0, 0.05) is 17.4 Å². The van der Waals surface area contributed by atoms with E-state index in [1.165, 1.54) is 32.1 Å². The summed E-state index contributed by atoms with van der Waals surface area (Å²) in [6, 6.07) is 13.7. The zero-order chi connectivity index (χ0) is 24.2. The second-order valence-corrected chi connectivity index (χ2v) is 10.1. The fraction of sp³-hybridized carbons (Fsp3) is 0.393.